The number of hydrogen-bond acceptors (Lipinski definition) is 2. The van der Waals surface area contributed by atoms with E-state index in [2.05, 4.69) is 20.9 Å². The molecule has 27 heavy (non-hydrogen) atoms. The average Bonchev–Trinajstić information content (AvgIpc) is 2.66. The summed E-state index contributed by atoms with van der Waals surface area (Å²) in [6.07, 6.45) is 0.797. The van der Waals surface area contributed by atoms with E-state index in [4.69, 9.17) is 0 Å². The molecule has 2 aromatic carbocycles. The first-order chi connectivity index (χ1) is 12.7. The zero-order chi connectivity index (χ0) is 18.6. The highest BCUT2D eigenvalue weighted by molar-refractivity contribution is 14.0. The predicted octanol–water partition coefficient (Wildman–Crippen LogP) is 2.86. The fourth-order valence-corrected chi connectivity index (χ4v) is 2.32. The molecule has 0 aliphatic heterocycles. The number of hydrogen-bond donors (Lipinski definition) is 3. The largest absolute Gasteiger partial charge is 0.357 e. The van der Waals surface area contributed by atoms with E-state index in [-0.39, 0.29) is 42.2 Å². The zero-order valence-corrected chi connectivity index (χ0v) is 17.7. The highest BCUT2D eigenvalue weighted by atomic mass is 127. The Morgan fingerprint density at radius 1 is 0.963 bits per heavy atom. The van der Waals surface area contributed by atoms with Crippen molar-refractivity contribution in [3.8, 4) is 0 Å². The minimum absolute atomic E-state index is 0. The Hall–Kier alpha value is -2.16. The first-order valence-corrected chi connectivity index (χ1v) is 8.74. The van der Waals surface area contributed by atoms with Gasteiger partial charge in [0.05, 0.1) is 13.1 Å². The Labute approximate surface area is 176 Å². The zero-order valence-electron chi connectivity index (χ0n) is 15.4. The minimum Gasteiger partial charge on any atom is -0.357 e. The Morgan fingerprint density at radius 2 is 1.67 bits per heavy atom. The van der Waals surface area contributed by atoms with E-state index in [1.54, 1.807) is 12.1 Å². The fraction of sp³-hybridized carbons (Fsp3) is 0.300. The standard InChI is InChI=1S/C20H25FN4O.HI/c1-2-22-20(24-14-17-8-10-18(21)11-9-17)25-15-19(26)23-13-12-16-6-4-3-5-7-16;/h3-11H,2,12-15H2,1H3,(H,23,26)(H2,22,24,25);1H. The summed E-state index contributed by atoms with van der Waals surface area (Å²) in [5.74, 6) is 0.193. The van der Waals surface area contributed by atoms with E-state index in [0.717, 1.165) is 12.0 Å². The number of aliphatic imine (C=N–C) groups is 1. The SMILES string of the molecule is CCNC(=NCc1ccc(F)cc1)NCC(=O)NCCc1ccccc1.I. The molecule has 1 amide bonds. The number of guanidine groups is 1. The molecule has 0 spiro atoms. The first-order valence-electron chi connectivity index (χ1n) is 8.74. The number of benzene rings is 2. The smallest absolute Gasteiger partial charge is 0.239 e. The van der Waals surface area contributed by atoms with Gasteiger partial charge in [0.25, 0.3) is 0 Å². The van der Waals surface area contributed by atoms with Crippen LogP contribution >= 0.6 is 24.0 Å². The molecule has 0 saturated carbocycles. The van der Waals surface area contributed by atoms with Gasteiger partial charge in [-0.05, 0) is 36.6 Å². The molecule has 0 saturated heterocycles. The van der Waals surface area contributed by atoms with Crippen LogP contribution in [0.1, 0.15) is 18.1 Å². The quantitative estimate of drug-likeness (QED) is 0.307. The fourth-order valence-electron chi connectivity index (χ4n) is 2.32. The van der Waals surface area contributed by atoms with E-state index in [0.29, 0.717) is 25.6 Å². The molecule has 146 valence electrons. The van der Waals surface area contributed by atoms with Crippen molar-refractivity contribution in [3.05, 3.63) is 71.5 Å². The maximum absolute atomic E-state index is 12.9. The van der Waals surface area contributed by atoms with Crippen molar-refractivity contribution in [1.29, 1.82) is 0 Å². The van der Waals surface area contributed by atoms with E-state index in [1.807, 2.05) is 37.3 Å². The molecule has 5 nitrogen and oxygen atoms in total. The first kappa shape index (κ1) is 22.9. The van der Waals surface area contributed by atoms with Gasteiger partial charge in [0.2, 0.25) is 5.91 Å². The Bertz CT molecular complexity index is 708. The molecule has 3 N–H and O–H groups in total. The maximum atomic E-state index is 12.9. The molecule has 0 aromatic heterocycles. The van der Waals surface area contributed by atoms with Crippen LogP contribution in [0.15, 0.2) is 59.6 Å². The van der Waals surface area contributed by atoms with Gasteiger partial charge in [-0.2, -0.15) is 0 Å². The van der Waals surface area contributed by atoms with Crippen LogP contribution in [0.2, 0.25) is 0 Å². The third-order valence-corrected chi connectivity index (χ3v) is 3.67. The second-order valence-electron chi connectivity index (χ2n) is 5.76. The van der Waals surface area contributed by atoms with E-state index >= 15 is 0 Å². The Kier molecular flexibility index (Phi) is 11.1. The van der Waals surface area contributed by atoms with E-state index in [1.165, 1.54) is 17.7 Å². The van der Waals surface area contributed by atoms with Gasteiger partial charge >= 0.3 is 0 Å². The van der Waals surface area contributed by atoms with E-state index in [9.17, 15) is 9.18 Å². The number of carbonyl (C=O) groups is 1. The number of rotatable bonds is 8. The molecule has 2 rings (SSSR count). The molecule has 0 unspecified atom stereocenters. The summed E-state index contributed by atoms with van der Waals surface area (Å²) >= 11 is 0. The second-order valence-corrected chi connectivity index (χ2v) is 5.76. The van der Waals surface area contributed by atoms with Gasteiger partial charge in [-0.25, -0.2) is 9.38 Å². The van der Waals surface area contributed by atoms with Crippen LogP contribution in [0.3, 0.4) is 0 Å². The molecule has 0 heterocycles. The molecule has 7 heteroatoms. The number of nitrogens with one attached hydrogen (secondary N) is 3. The van der Waals surface area contributed by atoms with Gasteiger partial charge in [-0.15, -0.1) is 24.0 Å². The maximum Gasteiger partial charge on any atom is 0.239 e. The molecule has 2 aromatic rings. The van der Waals surface area contributed by atoms with Crippen LogP contribution in [0.25, 0.3) is 0 Å². The van der Waals surface area contributed by atoms with Gasteiger partial charge in [0, 0.05) is 13.1 Å². The lowest BCUT2D eigenvalue weighted by Crippen LogP contribution is -2.43. The predicted molar refractivity (Wildman–Crippen MR) is 118 cm³/mol. The van der Waals surface area contributed by atoms with Crippen molar-refractivity contribution in [2.24, 2.45) is 4.99 Å². The van der Waals surface area contributed by atoms with Crippen molar-refractivity contribution in [3.63, 3.8) is 0 Å². The third kappa shape index (κ3) is 9.37. The van der Waals surface area contributed by atoms with Crippen molar-refractivity contribution in [2.75, 3.05) is 19.6 Å². The lowest BCUT2D eigenvalue weighted by Gasteiger charge is -2.11. The van der Waals surface area contributed by atoms with Crippen molar-refractivity contribution in [2.45, 2.75) is 19.9 Å². The topological polar surface area (TPSA) is 65.5 Å². The molecular formula is C20H26FIN4O. The van der Waals surface area contributed by atoms with Crippen LogP contribution in [0, 0.1) is 5.82 Å². The summed E-state index contributed by atoms with van der Waals surface area (Å²) < 4.78 is 12.9. The molecule has 0 aliphatic carbocycles. The molecule has 0 fully saturated rings. The molecule has 0 atom stereocenters. The lowest BCUT2D eigenvalue weighted by atomic mass is 10.1. The second kappa shape index (κ2) is 13.1. The van der Waals surface area contributed by atoms with Gasteiger partial charge in [-0.1, -0.05) is 42.5 Å². The van der Waals surface area contributed by atoms with Crippen LogP contribution in [0.5, 0.6) is 0 Å². The molecular weight excluding hydrogens is 458 g/mol. The van der Waals surface area contributed by atoms with Crippen molar-refractivity contribution < 1.29 is 9.18 Å². The molecule has 0 bridgehead atoms. The van der Waals surface area contributed by atoms with Gasteiger partial charge in [0.15, 0.2) is 5.96 Å². The summed E-state index contributed by atoms with van der Waals surface area (Å²) in [7, 11) is 0. The highest BCUT2D eigenvalue weighted by Gasteiger charge is 2.03. The molecule has 0 aliphatic rings. The molecule has 0 radical (unpaired) electrons. The number of nitrogens with zero attached hydrogens (tertiary/aromatic N) is 1. The number of amides is 1. The number of carbonyl (C=O) groups excluding carboxylic acids is 1. The van der Waals surface area contributed by atoms with E-state index < -0.39 is 0 Å². The summed E-state index contributed by atoms with van der Waals surface area (Å²) in [6.45, 7) is 3.78. The third-order valence-electron chi connectivity index (χ3n) is 3.67. The van der Waals surface area contributed by atoms with Crippen molar-refractivity contribution in [1.82, 2.24) is 16.0 Å². The number of halogens is 2. The van der Waals surface area contributed by atoms with Gasteiger partial charge < -0.3 is 16.0 Å². The van der Waals surface area contributed by atoms with Crippen LogP contribution < -0.4 is 16.0 Å². The van der Waals surface area contributed by atoms with Gasteiger partial charge in [-0.3, -0.25) is 4.79 Å². The highest BCUT2D eigenvalue weighted by Crippen LogP contribution is 2.03. The summed E-state index contributed by atoms with van der Waals surface area (Å²) in [4.78, 5) is 16.4. The summed E-state index contributed by atoms with van der Waals surface area (Å²) in [5.41, 5.74) is 2.09. The van der Waals surface area contributed by atoms with Crippen LogP contribution in [-0.4, -0.2) is 31.5 Å². The van der Waals surface area contributed by atoms with Crippen LogP contribution in [-0.2, 0) is 17.8 Å². The minimum atomic E-state index is -0.269. The lowest BCUT2D eigenvalue weighted by molar-refractivity contribution is -0.119. The Balaban J connectivity index is 0.00000364. The summed E-state index contributed by atoms with van der Waals surface area (Å²) in [6, 6.07) is 16.2. The van der Waals surface area contributed by atoms with Gasteiger partial charge in [0.1, 0.15) is 5.82 Å². The monoisotopic (exact) mass is 484 g/mol. The van der Waals surface area contributed by atoms with Crippen LogP contribution in [0.4, 0.5) is 4.39 Å². The Morgan fingerprint density at radius 3 is 2.33 bits per heavy atom. The summed E-state index contributed by atoms with van der Waals surface area (Å²) in [5, 5.41) is 8.97. The normalized spacial score (nSPS) is 10.7. The average molecular weight is 484 g/mol. The van der Waals surface area contributed by atoms with Crippen molar-refractivity contribution >= 4 is 35.8 Å².